The maximum Gasteiger partial charge on any atom is 0.183 e. The van der Waals surface area contributed by atoms with E-state index in [4.69, 9.17) is 8.84 Å². The van der Waals surface area contributed by atoms with Gasteiger partial charge in [0.1, 0.15) is 8.07 Å². The molecule has 0 saturated heterocycles. The van der Waals surface area contributed by atoms with Gasteiger partial charge in [-0.1, -0.05) is 49.6 Å². The number of hydrogen-bond acceptors (Lipinski definition) is 3. The average molecular weight is 365 g/mol. The quantitative estimate of drug-likeness (QED) is 0.617. The Hall–Kier alpha value is -0.756. The van der Waals surface area contributed by atoms with E-state index in [2.05, 4.69) is 69.6 Å². The zero-order valence-electron chi connectivity index (χ0n) is 15.1. The summed E-state index contributed by atoms with van der Waals surface area (Å²) in [5, 5.41) is 2.21. The van der Waals surface area contributed by atoms with Crippen LogP contribution < -0.4 is 5.38 Å². The van der Waals surface area contributed by atoms with E-state index in [-0.39, 0.29) is 0 Å². The van der Waals surface area contributed by atoms with Gasteiger partial charge in [0.05, 0.1) is 5.38 Å². The lowest BCUT2D eigenvalue weighted by Gasteiger charge is -2.16. The van der Waals surface area contributed by atoms with E-state index in [1.54, 1.807) is 11.8 Å². The fraction of sp³-hybridized carbons (Fsp3) is 0.444. The summed E-state index contributed by atoms with van der Waals surface area (Å²) in [5.41, 5.74) is 1.29. The van der Waals surface area contributed by atoms with Gasteiger partial charge in [0.25, 0.3) is 0 Å². The van der Waals surface area contributed by atoms with Gasteiger partial charge in [0.2, 0.25) is 0 Å². The first-order chi connectivity index (χ1) is 10.6. The van der Waals surface area contributed by atoms with Crippen LogP contribution in [-0.2, 0) is 10.8 Å². The Bertz CT molecular complexity index is 625. The second kappa shape index (κ2) is 7.42. The molecular weight excluding hydrogens is 336 g/mol. The maximum atomic E-state index is 6.25. The van der Waals surface area contributed by atoms with Gasteiger partial charge in [0, 0.05) is 17.1 Å². The van der Waals surface area contributed by atoms with Gasteiger partial charge in [0.15, 0.2) is 13.4 Å². The second-order valence-electron chi connectivity index (χ2n) is 7.80. The molecule has 2 nitrogen and oxygen atoms in total. The molecule has 0 bridgehead atoms. The van der Waals surface area contributed by atoms with Crippen LogP contribution in [0.5, 0.6) is 0 Å². The van der Waals surface area contributed by atoms with Gasteiger partial charge >= 0.3 is 0 Å². The summed E-state index contributed by atoms with van der Waals surface area (Å²) >= 11 is 1.72. The summed E-state index contributed by atoms with van der Waals surface area (Å²) in [7, 11) is -2.91. The molecule has 0 aliphatic heterocycles. The monoisotopic (exact) mass is 364 g/mol. The van der Waals surface area contributed by atoms with Gasteiger partial charge in [-0.15, -0.1) is 0 Å². The number of furan rings is 1. The van der Waals surface area contributed by atoms with Crippen LogP contribution in [0, 0.1) is 0 Å². The summed E-state index contributed by atoms with van der Waals surface area (Å²) in [5.74, 6) is 0. The van der Waals surface area contributed by atoms with E-state index in [0.29, 0.717) is 0 Å². The molecule has 0 aliphatic carbocycles. The predicted octanol–water partition coefficient (Wildman–Crippen LogP) is 5.37. The van der Waals surface area contributed by atoms with E-state index in [9.17, 15) is 0 Å². The zero-order valence-corrected chi connectivity index (χ0v) is 17.9. The minimum Gasteiger partial charge on any atom is -0.459 e. The van der Waals surface area contributed by atoms with Crippen molar-refractivity contribution in [2.24, 2.45) is 0 Å². The highest BCUT2D eigenvalue weighted by atomic mass is 32.2. The molecule has 0 saturated carbocycles. The lowest BCUT2D eigenvalue weighted by Crippen LogP contribution is -2.36. The molecule has 0 amide bonds. The largest absolute Gasteiger partial charge is 0.459 e. The van der Waals surface area contributed by atoms with Crippen molar-refractivity contribution in [2.75, 3.05) is 6.61 Å². The maximum absolute atomic E-state index is 6.25. The van der Waals surface area contributed by atoms with E-state index in [1.165, 1.54) is 15.8 Å². The fourth-order valence-corrected chi connectivity index (χ4v) is 4.84. The summed E-state index contributed by atoms with van der Waals surface area (Å²) in [6.07, 6.45) is 0.924. The summed E-state index contributed by atoms with van der Waals surface area (Å²) in [4.78, 5) is 1.22. The molecule has 1 aromatic heterocycles. The van der Waals surface area contributed by atoms with E-state index in [0.717, 1.165) is 18.1 Å². The minimum absolute atomic E-state index is 0.780. The van der Waals surface area contributed by atoms with Crippen molar-refractivity contribution in [1.82, 2.24) is 0 Å². The molecule has 23 heavy (non-hydrogen) atoms. The molecule has 1 aromatic carbocycles. The first kappa shape index (κ1) is 18.6. The molecule has 0 radical (unpaired) electrons. The molecule has 0 aliphatic rings. The van der Waals surface area contributed by atoms with Gasteiger partial charge < -0.3 is 8.84 Å². The Labute approximate surface area is 146 Å². The molecule has 1 heterocycles. The average Bonchev–Trinajstić information content (AvgIpc) is 2.82. The van der Waals surface area contributed by atoms with Crippen LogP contribution in [0.4, 0.5) is 0 Å². The van der Waals surface area contributed by atoms with Crippen molar-refractivity contribution in [1.29, 1.82) is 0 Å². The molecule has 2 aromatic rings. The number of hydrogen-bond donors (Lipinski definition) is 0. The number of benzene rings is 1. The highest BCUT2D eigenvalue weighted by molar-refractivity contribution is 7.99. The SMILES string of the molecule is C[Si](C)(C)OCCc1cc([Si](C)(C)C)oc1Sc1ccccc1. The Balaban J connectivity index is 2.19. The van der Waals surface area contributed by atoms with Crippen LogP contribution in [0.1, 0.15) is 5.56 Å². The molecule has 0 fully saturated rings. The van der Waals surface area contributed by atoms with Crippen LogP contribution in [0.25, 0.3) is 0 Å². The predicted molar refractivity (Wildman–Crippen MR) is 105 cm³/mol. The van der Waals surface area contributed by atoms with Crippen LogP contribution in [-0.4, -0.2) is 23.0 Å². The first-order valence-corrected chi connectivity index (χ1v) is 15.9. The highest BCUT2D eigenvalue weighted by Gasteiger charge is 2.24. The Kier molecular flexibility index (Phi) is 6.00. The second-order valence-corrected chi connectivity index (χ2v) is 18.4. The minimum atomic E-state index is -1.46. The van der Waals surface area contributed by atoms with Gasteiger partial charge in [-0.25, -0.2) is 0 Å². The standard InChI is InChI=1S/C18H28O2SSi2/c1-22(2,3)17-14-15(12-13-19-23(4,5)6)18(20-17)21-16-10-8-7-9-11-16/h7-11,14H,12-13H2,1-6H3. The fourth-order valence-electron chi connectivity index (χ4n) is 2.11. The molecule has 0 spiro atoms. The molecule has 0 unspecified atom stereocenters. The molecular formula is C18H28O2SSi2. The van der Waals surface area contributed by atoms with E-state index >= 15 is 0 Å². The third kappa shape index (κ3) is 5.99. The normalized spacial score (nSPS) is 12.6. The molecule has 5 heteroatoms. The van der Waals surface area contributed by atoms with Crippen LogP contribution >= 0.6 is 11.8 Å². The smallest absolute Gasteiger partial charge is 0.183 e. The summed E-state index contributed by atoms with van der Waals surface area (Å²) < 4.78 is 12.3. The van der Waals surface area contributed by atoms with Crippen molar-refractivity contribution in [3.05, 3.63) is 42.0 Å². The lowest BCUT2D eigenvalue weighted by molar-refractivity contribution is 0.313. The van der Waals surface area contributed by atoms with E-state index < -0.39 is 16.4 Å². The molecule has 126 valence electrons. The molecule has 2 rings (SSSR count). The van der Waals surface area contributed by atoms with E-state index in [1.807, 2.05) is 6.07 Å². The topological polar surface area (TPSA) is 22.4 Å². The third-order valence-electron chi connectivity index (χ3n) is 3.37. The first-order valence-electron chi connectivity index (χ1n) is 8.15. The van der Waals surface area contributed by atoms with Crippen molar-refractivity contribution in [2.45, 2.75) is 55.7 Å². The zero-order chi connectivity index (χ0) is 17.1. The van der Waals surface area contributed by atoms with Crippen molar-refractivity contribution >= 4 is 33.5 Å². The third-order valence-corrected chi connectivity index (χ3v) is 7.20. The number of rotatable bonds is 7. The Morgan fingerprint density at radius 2 is 1.65 bits per heavy atom. The Morgan fingerprint density at radius 3 is 2.22 bits per heavy atom. The van der Waals surface area contributed by atoms with Crippen LogP contribution in [0.15, 0.2) is 50.8 Å². The van der Waals surface area contributed by atoms with Gasteiger partial charge in [-0.3, -0.25) is 0 Å². The Morgan fingerprint density at radius 1 is 1.00 bits per heavy atom. The van der Waals surface area contributed by atoms with Gasteiger partial charge in [-0.2, -0.15) is 0 Å². The molecule has 0 atom stereocenters. The van der Waals surface area contributed by atoms with Crippen molar-refractivity contribution in [3.63, 3.8) is 0 Å². The van der Waals surface area contributed by atoms with Crippen molar-refractivity contribution < 1.29 is 8.84 Å². The summed E-state index contributed by atoms with van der Waals surface area (Å²) in [6, 6.07) is 12.7. The van der Waals surface area contributed by atoms with Crippen molar-refractivity contribution in [3.8, 4) is 0 Å². The lowest BCUT2D eigenvalue weighted by atomic mass is 10.2. The van der Waals surface area contributed by atoms with Crippen LogP contribution in [0.2, 0.25) is 39.3 Å². The van der Waals surface area contributed by atoms with Gasteiger partial charge in [-0.05, 0) is 44.3 Å². The highest BCUT2D eigenvalue weighted by Crippen LogP contribution is 2.31. The van der Waals surface area contributed by atoms with Crippen LogP contribution in [0.3, 0.4) is 0 Å². The molecule has 0 N–H and O–H groups in total. The summed E-state index contributed by atoms with van der Waals surface area (Å²) in [6.45, 7) is 14.4.